The summed E-state index contributed by atoms with van der Waals surface area (Å²) in [6.45, 7) is 1.16. The lowest BCUT2D eigenvalue weighted by molar-refractivity contribution is -0.136. The van der Waals surface area contributed by atoms with Gasteiger partial charge in [0.2, 0.25) is 11.8 Å². The molecule has 0 spiro atoms. The van der Waals surface area contributed by atoms with Gasteiger partial charge in [0.15, 0.2) is 0 Å². The van der Waals surface area contributed by atoms with E-state index in [2.05, 4.69) is 17.2 Å². The van der Waals surface area contributed by atoms with Crippen molar-refractivity contribution in [1.82, 2.24) is 15.1 Å². The zero-order valence-electron chi connectivity index (χ0n) is 23.1. The Bertz CT molecular complexity index is 1690. The van der Waals surface area contributed by atoms with Crippen LogP contribution in [0.25, 0.3) is 0 Å². The third-order valence-electron chi connectivity index (χ3n) is 8.01. The second-order valence-corrected chi connectivity index (χ2v) is 12.3. The van der Waals surface area contributed by atoms with Gasteiger partial charge in [0.1, 0.15) is 11.9 Å². The predicted molar refractivity (Wildman–Crippen MR) is 160 cm³/mol. The molecule has 2 saturated heterocycles. The highest BCUT2D eigenvalue weighted by Gasteiger charge is 2.39. The van der Waals surface area contributed by atoms with Crippen LogP contribution in [0.1, 0.15) is 57.5 Å². The number of nitrogens with zero attached hydrogens (tertiary/aromatic N) is 2. The molecule has 4 amide bonds. The van der Waals surface area contributed by atoms with Gasteiger partial charge >= 0.3 is 0 Å². The standard InChI is InChI=1S/C33H27ClFN3O4S/c34-22-9-11-23(12-10-22)43-28-6-2-5-26(35)30(28)33(42)37-17-15-20(16-18-37)7-8-21-3-1-4-24-25(21)19-38(32(24)41)27-13-14-29(39)36-31(27)40/h1-6,9-12,20,27H,13-19H2,(H,36,39,40). The number of hydrogen-bond acceptors (Lipinski definition) is 5. The molecule has 1 unspecified atom stereocenters. The minimum atomic E-state index is -0.681. The van der Waals surface area contributed by atoms with E-state index in [1.165, 1.54) is 22.7 Å². The third kappa shape index (κ3) is 6.03. The lowest BCUT2D eigenvalue weighted by Crippen LogP contribution is -2.52. The van der Waals surface area contributed by atoms with E-state index < -0.39 is 17.8 Å². The molecule has 3 aromatic rings. The molecule has 3 heterocycles. The van der Waals surface area contributed by atoms with Crippen molar-refractivity contribution in [3.63, 3.8) is 0 Å². The Morgan fingerprint density at radius 3 is 2.47 bits per heavy atom. The molecule has 0 saturated carbocycles. The molecule has 0 aliphatic carbocycles. The Labute approximate surface area is 257 Å². The fourth-order valence-electron chi connectivity index (χ4n) is 5.69. The summed E-state index contributed by atoms with van der Waals surface area (Å²) >= 11 is 7.31. The summed E-state index contributed by atoms with van der Waals surface area (Å²) < 4.78 is 15.0. The number of rotatable bonds is 4. The highest BCUT2D eigenvalue weighted by atomic mass is 35.5. The van der Waals surface area contributed by atoms with Gasteiger partial charge in [-0.15, -0.1) is 0 Å². The summed E-state index contributed by atoms with van der Waals surface area (Å²) in [5.41, 5.74) is 2.10. The number of imide groups is 1. The average Bonchev–Trinajstić information content (AvgIpc) is 3.34. The summed E-state index contributed by atoms with van der Waals surface area (Å²) in [5, 5.41) is 2.92. The molecule has 43 heavy (non-hydrogen) atoms. The lowest BCUT2D eigenvalue weighted by atomic mass is 9.95. The molecule has 1 atom stereocenters. The van der Waals surface area contributed by atoms with Crippen LogP contribution in [0.2, 0.25) is 5.02 Å². The first-order valence-electron chi connectivity index (χ1n) is 14.1. The van der Waals surface area contributed by atoms with E-state index >= 15 is 0 Å². The van der Waals surface area contributed by atoms with E-state index in [-0.39, 0.29) is 42.2 Å². The smallest absolute Gasteiger partial charge is 0.257 e. The van der Waals surface area contributed by atoms with E-state index in [1.807, 2.05) is 18.2 Å². The number of hydrogen-bond donors (Lipinski definition) is 1. The fraction of sp³-hybridized carbons (Fsp3) is 0.273. The van der Waals surface area contributed by atoms with Gasteiger partial charge in [-0.3, -0.25) is 24.5 Å². The van der Waals surface area contributed by atoms with Crippen LogP contribution in [-0.2, 0) is 16.1 Å². The Balaban J connectivity index is 1.12. The normalized spacial score (nSPS) is 18.7. The van der Waals surface area contributed by atoms with Crippen molar-refractivity contribution < 1.29 is 23.6 Å². The molecule has 6 rings (SSSR count). The van der Waals surface area contributed by atoms with Gasteiger partial charge < -0.3 is 9.80 Å². The zero-order chi connectivity index (χ0) is 30.1. The van der Waals surface area contributed by atoms with E-state index in [1.54, 1.807) is 41.3 Å². The Morgan fingerprint density at radius 1 is 0.977 bits per heavy atom. The predicted octanol–water partition coefficient (Wildman–Crippen LogP) is 5.30. The monoisotopic (exact) mass is 615 g/mol. The molecule has 0 radical (unpaired) electrons. The first-order chi connectivity index (χ1) is 20.8. The number of carbonyl (C=O) groups is 4. The molecular weight excluding hydrogens is 589 g/mol. The SMILES string of the molecule is O=C1CCC(N2Cc3c(C#CC4CCN(C(=O)c5c(F)cccc5Sc5ccc(Cl)cc5)CC4)cccc3C2=O)C(=O)N1. The number of amides is 4. The molecule has 1 N–H and O–H groups in total. The van der Waals surface area contributed by atoms with E-state index in [0.717, 1.165) is 16.0 Å². The van der Waals surface area contributed by atoms with Crippen LogP contribution in [0, 0.1) is 23.6 Å². The van der Waals surface area contributed by atoms with Gasteiger partial charge in [-0.2, -0.15) is 0 Å². The van der Waals surface area contributed by atoms with Crippen molar-refractivity contribution in [3.8, 4) is 11.8 Å². The van der Waals surface area contributed by atoms with E-state index in [4.69, 9.17) is 11.6 Å². The molecule has 3 aliphatic rings. The van der Waals surface area contributed by atoms with Gasteiger partial charge in [-0.05, 0) is 73.4 Å². The minimum absolute atomic E-state index is 0.0341. The number of carbonyl (C=O) groups excluding carboxylic acids is 4. The third-order valence-corrected chi connectivity index (χ3v) is 9.33. The summed E-state index contributed by atoms with van der Waals surface area (Å²) in [6.07, 6.45) is 1.78. The topological polar surface area (TPSA) is 86.8 Å². The van der Waals surface area contributed by atoms with Crippen LogP contribution in [0.3, 0.4) is 0 Å². The van der Waals surface area contributed by atoms with Crippen molar-refractivity contribution in [2.75, 3.05) is 13.1 Å². The highest BCUT2D eigenvalue weighted by Crippen LogP contribution is 2.34. The van der Waals surface area contributed by atoms with Crippen LogP contribution in [0.15, 0.2) is 70.5 Å². The first-order valence-corrected chi connectivity index (χ1v) is 15.3. The van der Waals surface area contributed by atoms with E-state index in [0.29, 0.717) is 47.8 Å². The largest absolute Gasteiger partial charge is 0.338 e. The maximum Gasteiger partial charge on any atom is 0.257 e. The second-order valence-electron chi connectivity index (χ2n) is 10.7. The summed E-state index contributed by atoms with van der Waals surface area (Å²) in [4.78, 5) is 55.1. The second kappa shape index (κ2) is 12.2. The van der Waals surface area contributed by atoms with Crippen molar-refractivity contribution in [2.24, 2.45) is 5.92 Å². The molecule has 10 heteroatoms. The van der Waals surface area contributed by atoms with Crippen molar-refractivity contribution in [1.29, 1.82) is 0 Å². The minimum Gasteiger partial charge on any atom is -0.338 e. The van der Waals surface area contributed by atoms with Crippen LogP contribution in [-0.4, -0.2) is 52.6 Å². The zero-order valence-corrected chi connectivity index (χ0v) is 24.6. The maximum atomic E-state index is 15.0. The quantitative estimate of drug-likeness (QED) is 0.318. The van der Waals surface area contributed by atoms with Crippen LogP contribution in [0.5, 0.6) is 0 Å². The number of likely N-dealkylation sites (tertiary alicyclic amines) is 1. The number of nitrogens with one attached hydrogen (secondary N) is 1. The molecule has 7 nitrogen and oxygen atoms in total. The molecule has 0 aromatic heterocycles. The molecule has 3 aromatic carbocycles. The van der Waals surface area contributed by atoms with Crippen LogP contribution >= 0.6 is 23.4 Å². The summed E-state index contributed by atoms with van der Waals surface area (Å²) in [5.74, 6) is 4.70. The Hall–Kier alpha value is -4.13. The van der Waals surface area contributed by atoms with Gasteiger partial charge in [-0.25, -0.2) is 4.39 Å². The first kappa shape index (κ1) is 29.0. The number of fused-ring (bicyclic) bond motifs is 1. The Kier molecular flexibility index (Phi) is 8.24. The van der Waals surface area contributed by atoms with Crippen molar-refractivity contribution >= 4 is 47.0 Å². The molecular formula is C33H27ClFN3O4S. The number of benzene rings is 3. The highest BCUT2D eigenvalue weighted by molar-refractivity contribution is 7.99. The van der Waals surface area contributed by atoms with Gasteiger partial charge in [0.05, 0.1) is 5.56 Å². The van der Waals surface area contributed by atoms with Gasteiger partial charge in [0.25, 0.3) is 11.8 Å². The van der Waals surface area contributed by atoms with Gasteiger partial charge in [-0.1, -0.05) is 47.3 Å². The van der Waals surface area contributed by atoms with Crippen LogP contribution < -0.4 is 5.32 Å². The van der Waals surface area contributed by atoms with Crippen LogP contribution in [0.4, 0.5) is 4.39 Å². The van der Waals surface area contributed by atoms with E-state index in [9.17, 15) is 23.6 Å². The van der Waals surface area contributed by atoms with Crippen molar-refractivity contribution in [3.05, 3.63) is 93.8 Å². The molecule has 0 bridgehead atoms. The number of halogens is 2. The Morgan fingerprint density at radius 2 is 1.72 bits per heavy atom. The maximum absolute atomic E-state index is 15.0. The summed E-state index contributed by atoms with van der Waals surface area (Å²) in [7, 11) is 0. The molecule has 218 valence electrons. The van der Waals surface area contributed by atoms with Crippen molar-refractivity contribution in [2.45, 2.75) is 48.1 Å². The lowest BCUT2D eigenvalue weighted by Gasteiger charge is -2.30. The molecule has 3 aliphatic heterocycles. The average molecular weight is 616 g/mol. The fourth-order valence-corrected chi connectivity index (χ4v) is 6.78. The summed E-state index contributed by atoms with van der Waals surface area (Å²) in [6, 6.07) is 16.5. The number of piperidine rings is 2. The van der Waals surface area contributed by atoms with Gasteiger partial charge in [0, 0.05) is 57.9 Å². The molecule has 2 fully saturated rings.